The quantitative estimate of drug-likeness (QED) is 0.819. The van der Waals surface area contributed by atoms with Gasteiger partial charge in [-0.05, 0) is 61.2 Å². The predicted molar refractivity (Wildman–Crippen MR) is 107 cm³/mol. The SMILES string of the molecule is Cc1ccc(CN2CCC(N3CC[C@@H](c4ccc(O)c(F)c4)[C@H](F)C3)C2=O)cc1F. The Labute approximate surface area is 173 Å². The fourth-order valence-corrected chi connectivity index (χ4v) is 4.51. The van der Waals surface area contributed by atoms with E-state index >= 15 is 0 Å². The molecule has 2 aliphatic rings. The van der Waals surface area contributed by atoms with Gasteiger partial charge in [-0.2, -0.15) is 0 Å². The van der Waals surface area contributed by atoms with Crippen LogP contribution in [0.3, 0.4) is 0 Å². The summed E-state index contributed by atoms with van der Waals surface area (Å²) in [4.78, 5) is 16.5. The molecule has 0 radical (unpaired) electrons. The van der Waals surface area contributed by atoms with E-state index in [9.17, 15) is 23.1 Å². The fourth-order valence-electron chi connectivity index (χ4n) is 4.51. The molecule has 160 valence electrons. The third-order valence-electron chi connectivity index (χ3n) is 6.29. The molecule has 2 aromatic carbocycles. The molecule has 4 rings (SSSR count). The summed E-state index contributed by atoms with van der Waals surface area (Å²) < 4.78 is 42.4. The van der Waals surface area contributed by atoms with Crippen LogP contribution in [0.25, 0.3) is 0 Å². The second-order valence-electron chi connectivity index (χ2n) is 8.26. The number of halogens is 3. The number of phenols is 1. The number of nitrogens with zero attached hydrogens (tertiary/aromatic N) is 2. The van der Waals surface area contributed by atoms with E-state index in [-0.39, 0.29) is 24.3 Å². The number of aryl methyl sites for hydroxylation is 1. The summed E-state index contributed by atoms with van der Waals surface area (Å²) in [5, 5.41) is 9.34. The van der Waals surface area contributed by atoms with E-state index in [1.54, 1.807) is 24.0 Å². The van der Waals surface area contributed by atoms with Gasteiger partial charge >= 0.3 is 0 Å². The van der Waals surface area contributed by atoms with Crippen molar-refractivity contribution in [1.29, 1.82) is 0 Å². The average molecular weight is 418 g/mol. The number of piperidine rings is 1. The van der Waals surface area contributed by atoms with E-state index in [2.05, 4.69) is 0 Å². The van der Waals surface area contributed by atoms with Crippen molar-refractivity contribution in [2.75, 3.05) is 19.6 Å². The molecule has 2 aliphatic heterocycles. The first-order valence-corrected chi connectivity index (χ1v) is 10.2. The van der Waals surface area contributed by atoms with Gasteiger partial charge in [0.25, 0.3) is 0 Å². The first-order chi connectivity index (χ1) is 14.3. The lowest BCUT2D eigenvalue weighted by atomic mass is 9.87. The molecule has 1 N–H and O–H groups in total. The molecule has 0 spiro atoms. The molecule has 1 amide bonds. The highest BCUT2D eigenvalue weighted by molar-refractivity contribution is 5.84. The molecule has 0 aromatic heterocycles. The Bertz CT molecular complexity index is 952. The molecule has 1 unspecified atom stereocenters. The van der Waals surface area contributed by atoms with Crippen LogP contribution in [-0.4, -0.2) is 52.7 Å². The molecule has 2 fully saturated rings. The predicted octanol–water partition coefficient (Wildman–Crippen LogP) is 3.91. The van der Waals surface area contributed by atoms with Crippen LogP contribution < -0.4 is 0 Å². The second-order valence-corrected chi connectivity index (χ2v) is 8.26. The van der Waals surface area contributed by atoms with E-state index in [1.165, 1.54) is 18.2 Å². The zero-order chi connectivity index (χ0) is 21.4. The van der Waals surface area contributed by atoms with Crippen molar-refractivity contribution in [3.05, 3.63) is 64.7 Å². The van der Waals surface area contributed by atoms with E-state index in [4.69, 9.17) is 0 Å². The fraction of sp³-hybridized carbons (Fsp3) is 0.435. The van der Waals surface area contributed by atoms with Crippen molar-refractivity contribution in [2.45, 2.75) is 44.4 Å². The first kappa shape index (κ1) is 20.7. The Morgan fingerprint density at radius 1 is 1.07 bits per heavy atom. The number of rotatable bonds is 4. The molecule has 4 nitrogen and oxygen atoms in total. The summed E-state index contributed by atoms with van der Waals surface area (Å²) >= 11 is 0. The van der Waals surface area contributed by atoms with Crippen molar-refractivity contribution in [3.63, 3.8) is 0 Å². The highest BCUT2D eigenvalue weighted by Crippen LogP contribution is 2.34. The first-order valence-electron chi connectivity index (χ1n) is 10.2. The number of alkyl halides is 1. The summed E-state index contributed by atoms with van der Waals surface area (Å²) in [5.74, 6) is -2.01. The van der Waals surface area contributed by atoms with Gasteiger partial charge in [-0.15, -0.1) is 0 Å². The Hall–Kier alpha value is -2.54. The van der Waals surface area contributed by atoms with Crippen molar-refractivity contribution in [1.82, 2.24) is 9.80 Å². The minimum atomic E-state index is -1.23. The van der Waals surface area contributed by atoms with Crippen LogP contribution in [0, 0.1) is 18.6 Å². The maximum atomic E-state index is 14.9. The normalized spacial score (nSPS) is 25.1. The van der Waals surface area contributed by atoms with Crippen LogP contribution >= 0.6 is 0 Å². The summed E-state index contributed by atoms with van der Waals surface area (Å²) in [5.41, 5.74) is 1.83. The van der Waals surface area contributed by atoms with Crippen LogP contribution in [0.15, 0.2) is 36.4 Å². The minimum absolute atomic E-state index is 0.0580. The van der Waals surface area contributed by atoms with Gasteiger partial charge in [-0.25, -0.2) is 13.2 Å². The lowest BCUT2D eigenvalue weighted by molar-refractivity contribution is -0.133. The summed E-state index contributed by atoms with van der Waals surface area (Å²) in [6.07, 6.45) is -0.146. The monoisotopic (exact) mass is 418 g/mol. The number of phenolic OH excluding ortho intramolecular Hbond substituents is 1. The largest absolute Gasteiger partial charge is 0.505 e. The second kappa shape index (κ2) is 8.30. The van der Waals surface area contributed by atoms with E-state index in [1.807, 2.05) is 11.0 Å². The van der Waals surface area contributed by atoms with Crippen molar-refractivity contribution < 1.29 is 23.1 Å². The van der Waals surface area contributed by atoms with Crippen molar-refractivity contribution in [3.8, 4) is 5.75 Å². The zero-order valence-electron chi connectivity index (χ0n) is 16.8. The van der Waals surface area contributed by atoms with Crippen LogP contribution in [0.5, 0.6) is 5.75 Å². The number of benzene rings is 2. The van der Waals surface area contributed by atoms with Crippen LogP contribution in [0.1, 0.15) is 35.4 Å². The van der Waals surface area contributed by atoms with Crippen molar-refractivity contribution >= 4 is 5.91 Å². The molecule has 0 aliphatic carbocycles. The van der Waals surface area contributed by atoms with Crippen LogP contribution in [-0.2, 0) is 11.3 Å². The molecular formula is C23H25F3N2O2. The van der Waals surface area contributed by atoms with Gasteiger partial charge in [-0.1, -0.05) is 18.2 Å². The number of aromatic hydroxyl groups is 1. The van der Waals surface area contributed by atoms with Gasteiger partial charge in [0, 0.05) is 25.6 Å². The van der Waals surface area contributed by atoms with Gasteiger partial charge in [0.05, 0.1) is 6.04 Å². The molecule has 0 bridgehead atoms. The number of amides is 1. The molecule has 2 aromatic rings. The molecule has 7 heteroatoms. The molecular weight excluding hydrogens is 393 g/mol. The third-order valence-corrected chi connectivity index (χ3v) is 6.29. The Kier molecular flexibility index (Phi) is 5.73. The molecule has 2 saturated heterocycles. The van der Waals surface area contributed by atoms with Crippen LogP contribution in [0.2, 0.25) is 0 Å². The molecule has 2 heterocycles. The molecule has 30 heavy (non-hydrogen) atoms. The lowest BCUT2D eigenvalue weighted by Gasteiger charge is -2.37. The summed E-state index contributed by atoms with van der Waals surface area (Å²) in [7, 11) is 0. The Balaban J connectivity index is 1.39. The molecule has 3 atom stereocenters. The van der Waals surface area contributed by atoms with Gasteiger partial charge in [-0.3, -0.25) is 9.69 Å². The van der Waals surface area contributed by atoms with E-state index in [0.29, 0.717) is 43.6 Å². The summed E-state index contributed by atoms with van der Waals surface area (Å²) in [6, 6.07) is 8.58. The minimum Gasteiger partial charge on any atom is -0.505 e. The lowest BCUT2D eigenvalue weighted by Crippen LogP contribution is -2.49. The Morgan fingerprint density at radius 3 is 2.57 bits per heavy atom. The highest BCUT2D eigenvalue weighted by atomic mass is 19.1. The third kappa shape index (κ3) is 4.03. The van der Waals surface area contributed by atoms with Gasteiger partial charge in [0.2, 0.25) is 5.91 Å². The number of carbonyl (C=O) groups excluding carboxylic acids is 1. The smallest absolute Gasteiger partial charge is 0.240 e. The summed E-state index contributed by atoms with van der Waals surface area (Å²) in [6.45, 7) is 3.24. The van der Waals surface area contributed by atoms with Gasteiger partial charge in [0.1, 0.15) is 12.0 Å². The maximum absolute atomic E-state index is 14.9. The standard InChI is InChI=1S/C23H25F3N2O2/c1-14-2-3-15(10-18(14)24)12-28-9-7-21(23(28)30)27-8-6-17(20(26)13-27)16-4-5-22(29)19(25)11-16/h2-5,10-11,17,20-21,29H,6-9,12-13H2,1H3/t17-,20+,21?/m0/s1. The van der Waals surface area contributed by atoms with Gasteiger partial charge < -0.3 is 10.0 Å². The van der Waals surface area contributed by atoms with Gasteiger partial charge in [0.15, 0.2) is 11.6 Å². The zero-order valence-corrected chi connectivity index (χ0v) is 16.8. The average Bonchev–Trinajstić information content (AvgIpc) is 3.07. The van der Waals surface area contributed by atoms with Crippen LogP contribution in [0.4, 0.5) is 13.2 Å². The number of hydrogen-bond donors (Lipinski definition) is 1. The topological polar surface area (TPSA) is 43.8 Å². The van der Waals surface area contributed by atoms with E-state index in [0.717, 1.165) is 5.56 Å². The highest BCUT2D eigenvalue weighted by Gasteiger charge is 2.40. The molecule has 0 saturated carbocycles. The number of carbonyl (C=O) groups is 1. The number of hydrogen-bond acceptors (Lipinski definition) is 3. The maximum Gasteiger partial charge on any atom is 0.240 e. The van der Waals surface area contributed by atoms with E-state index < -0.39 is 23.7 Å². The van der Waals surface area contributed by atoms with Crippen molar-refractivity contribution in [2.24, 2.45) is 0 Å². The Morgan fingerprint density at radius 2 is 1.87 bits per heavy atom. The number of likely N-dealkylation sites (tertiary alicyclic amines) is 2.